The number of para-hydroxylation sites is 2. The number of nitrogens with one attached hydrogen (secondary N) is 2. The number of rotatable bonds is 8. The minimum absolute atomic E-state index is 0.0456. The van der Waals surface area contributed by atoms with Crippen LogP contribution in [0.25, 0.3) is 11.0 Å². The molecule has 4 aromatic rings. The van der Waals surface area contributed by atoms with Crippen LogP contribution in [0.4, 0.5) is 5.69 Å². The second-order valence-corrected chi connectivity index (χ2v) is 10.5. The van der Waals surface area contributed by atoms with Gasteiger partial charge in [0.25, 0.3) is 5.91 Å². The Morgan fingerprint density at radius 1 is 0.923 bits per heavy atom. The molecule has 1 aromatic heterocycles. The zero-order chi connectivity index (χ0) is 27.7. The molecule has 0 spiro atoms. The summed E-state index contributed by atoms with van der Waals surface area (Å²) in [5, 5.41) is 6.08. The lowest BCUT2D eigenvalue weighted by atomic mass is 9.71. The molecule has 0 radical (unpaired) electrons. The molecule has 2 N–H and O–H groups in total. The van der Waals surface area contributed by atoms with Crippen LogP contribution in [0.1, 0.15) is 41.5 Å². The SMILES string of the molecule is Cc1cc(C)c(OCC(=O)Nc2ccc(C3(NC(=O)Cn4c(=O)n(C)c5ccccc54)CCC3)cc2)c(C)c1. The van der Waals surface area contributed by atoms with Gasteiger partial charge in [0.05, 0.1) is 16.6 Å². The Morgan fingerprint density at radius 2 is 1.56 bits per heavy atom. The maximum atomic E-state index is 13.1. The molecule has 1 heterocycles. The summed E-state index contributed by atoms with van der Waals surface area (Å²) in [5.74, 6) is 0.290. The fraction of sp³-hybridized carbons (Fsp3) is 0.323. The minimum Gasteiger partial charge on any atom is -0.483 e. The van der Waals surface area contributed by atoms with Gasteiger partial charge < -0.3 is 15.4 Å². The topological polar surface area (TPSA) is 94.4 Å². The highest BCUT2D eigenvalue weighted by Gasteiger charge is 2.40. The Kier molecular flexibility index (Phi) is 7.04. The molecule has 1 aliphatic rings. The molecule has 8 heteroatoms. The van der Waals surface area contributed by atoms with Crippen molar-refractivity contribution in [2.45, 2.75) is 52.1 Å². The summed E-state index contributed by atoms with van der Waals surface area (Å²) in [6.45, 7) is 5.85. The molecular formula is C31H34N4O4. The third kappa shape index (κ3) is 5.19. The van der Waals surface area contributed by atoms with Gasteiger partial charge in [0.2, 0.25) is 5.91 Å². The molecule has 1 fully saturated rings. The zero-order valence-corrected chi connectivity index (χ0v) is 22.8. The first kappa shape index (κ1) is 26.3. The van der Waals surface area contributed by atoms with Crippen LogP contribution in [0.15, 0.2) is 65.5 Å². The monoisotopic (exact) mass is 526 g/mol. The van der Waals surface area contributed by atoms with Gasteiger partial charge in [-0.2, -0.15) is 0 Å². The Labute approximate surface area is 227 Å². The van der Waals surface area contributed by atoms with Gasteiger partial charge in [0, 0.05) is 12.7 Å². The van der Waals surface area contributed by atoms with Crippen molar-refractivity contribution in [3.05, 3.63) is 93.4 Å². The Balaban J connectivity index is 1.23. The summed E-state index contributed by atoms with van der Waals surface area (Å²) in [4.78, 5) is 38.4. The third-order valence-electron chi connectivity index (χ3n) is 7.61. The van der Waals surface area contributed by atoms with E-state index in [1.54, 1.807) is 11.6 Å². The lowest BCUT2D eigenvalue weighted by Crippen LogP contribution is -2.52. The van der Waals surface area contributed by atoms with Gasteiger partial charge in [-0.3, -0.25) is 18.7 Å². The van der Waals surface area contributed by atoms with Crippen molar-refractivity contribution in [1.82, 2.24) is 14.5 Å². The largest absolute Gasteiger partial charge is 0.483 e. The number of ether oxygens (including phenoxy) is 1. The van der Waals surface area contributed by atoms with E-state index in [1.807, 2.05) is 81.4 Å². The molecule has 0 atom stereocenters. The number of hydrogen-bond donors (Lipinski definition) is 2. The summed E-state index contributed by atoms with van der Waals surface area (Å²) < 4.78 is 8.87. The van der Waals surface area contributed by atoms with Crippen LogP contribution in [0, 0.1) is 20.8 Å². The normalized spacial score (nSPS) is 14.1. The second kappa shape index (κ2) is 10.4. The van der Waals surface area contributed by atoms with Crippen LogP contribution in [-0.2, 0) is 28.7 Å². The van der Waals surface area contributed by atoms with Gasteiger partial charge in [-0.25, -0.2) is 4.79 Å². The summed E-state index contributed by atoms with van der Waals surface area (Å²) >= 11 is 0. The molecule has 0 saturated heterocycles. The maximum Gasteiger partial charge on any atom is 0.329 e. The molecule has 0 aliphatic heterocycles. The molecule has 3 aromatic carbocycles. The molecule has 5 rings (SSSR count). The van der Waals surface area contributed by atoms with E-state index < -0.39 is 5.54 Å². The number of fused-ring (bicyclic) bond motifs is 1. The first-order valence-electron chi connectivity index (χ1n) is 13.2. The van der Waals surface area contributed by atoms with E-state index in [1.165, 1.54) is 4.57 Å². The molecular weight excluding hydrogens is 492 g/mol. The van der Waals surface area contributed by atoms with E-state index in [-0.39, 0.29) is 30.7 Å². The molecule has 1 saturated carbocycles. The van der Waals surface area contributed by atoms with Gasteiger partial charge in [-0.15, -0.1) is 0 Å². The predicted octanol–water partition coefficient (Wildman–Crippen LogP) is 4.48. The number of benzene rings is 3. The lowest BCUT2D eigenvalue weighted by molar-refractivity contribution is -0.125. The number of hydrogen-bond acceptors (Lipinski definition) is 4. The summed E-state index contributed by atoms with van der Waals surface area (Å²) in [6, 6.07) is 19.1. The molecule has 1 aliphatic carbocycles. The fourth-order valence-electron chi connectivity index (χ4n) is 5.58. The standard InChI is InChI=1S/C31H34N4O4/c1-20-16-21(2)29(22(3)17-20)39-19-28(37)32-24-12-10-23(11-13-24)31(14-7-15-31)33-27(36)18-35-26-9-6-5-8-25(26)34(4)30(35)38/h5-6,8-13,16-17H,7,14-15,18-19H2,1-4H3,(H,32,37)(H,33,36). The number of carbonyl (C=O) groups is 2. The van der Waals surface area contributed by atoms with E-state index in [0.29, 0.717) is 5.69 Å². The lowest BCUT2D eigenvalue weighted by Gasteiger charge is -2.43. The molecule has 202 valence electrons. The average Bonchev–Trinajstić information content (AvgIpc) is 3.11. The van der Waals surface area contributed by atoms with Gasteiger partial charge in [-0.1, -0.05) is 42.0 Å². The van der Waals surface area contributed by atoms with Crippen molar-refractivity contribution in [3.8, 4) is 5.75 Å². The van der Waals surface area contributed by atoms with E-state index >= 15 is 0 Å². The van der Waals surface area contributed by atoms with E-state index in [0.717, 1.165) is 58.3 Å². The van der Waals surface area contributed by atoms with Crippen LogP contribution in [-0.4, -0.2) is 27.6 Å². The molecule has 2 amide bonds. The van der Waals surface area contributed by atoms with Crippen molar-refractivity contribution >= 4 is 28.5 Å². The van der Waals surface area contributed by atoms with Crippen LogP contribution in [0.2, 0.25) is 0 Å². The van der Waals surface area contributed by atoms with Crippen LogP contribution < -0.4 is 21.1 Å². The van der Waals surface area contributed by atoms with Crippen molar-refractivity contribution in [2.24, 2.45) is 7.05 Å². The zero-order valence-electron chi connectivity index (χ0n) is 22.8. The predicted molar refractivity (Wildman–Crippen MR) is 152 cm³/mol. The first-order valence-corrected chi connectivity index (χ1v) is 13.2. The fourth-order valence-corrected chi connectivity index (χ4v) is 5.58. The number of aryl methyl sites for hydroxylation is 4. The van der Waals surface area contributed by atoms with Gasteiger partial charge in [-0.05, 0) is 81.0 Å². The quantitative estimate of drug-likeness (QED) is 0.354. The smallest absolute Gasteiger partial charge is 0.329 e. The number of nitrogens with zero attached hydrogens (tertiary/aromatic N) is 2. The Morgan fingerprint density at radius 3 is 2.18 bits per heavy atom. The second-order valence-electron chi connectivity index (χ2n) is 10.5. The molecule has 8 nitrogen and oxygen atoms in total. The highest BCUT2D eigenvalue weighted by atomic mass is 16.5. The molecule has 0 unspecified atom stereocenters. The van der Waals surface area contributed by atoms with Crippen LogP contribution >= 0.6 is 0 Å². The van der Waals surface area contributed by atoms with E-state index in [4.69, 9.17) is 4.74 Å². The number of amides is 2. The van der Waals surface area contributed by atoms with E-state index in [9.17, 15) is 14.4 Å². The number of carbonyl (C=O) groups excluding carboxylic acids is 2. The van der Waals surface area contributed by atoms with Crippen molar-refractivity contribution < 1.29 is 14.3 Å². The van der Waals surface area contributed by atoms with Gasteiger partial charge >= 0.3 is 5.69 Å². The number of imidazole rings is 1. The van der Waals surface area contributed by atoms with E-state index in [2.05, 4.69) is 10.6 Å². The highest BCUT2D eigenvalue weighted by molar-refractivity contribution is 5.92. The Hall–Kier alpha value is -4.33. The van der Waals surface area contributed by atoms with Crippen molar-refractivity contribution in [1.29, 1.82) is 0 Å². The molecule has 39 heavy (non-hydrogen) atoms. The summed E-state index contributed by atoms with van der Waals surface area (Å²) in [6.07, 6.45) is 2.64. The van der Waals surface area contributed by atoms with Gasteiger partial charge in [0.15, 0.2) is 6.61 Å². The third-order valence-corrected chi connectivity index (χ3v) is 7.61. The minimum atomic E-state index is -0.475. The number of anilines is 1. The highest BCUT2D eigenvalue weighted by Crippen LogP contribution is 2.41. The summed E-state index contributed by atoms with van der Waals surface area (Å²) in [5.41, 5.74) is 5.64. The first-order chi connectivity index (χ1) is 18.7. The summed E-state index contributed by atoms with van der Waals surface area (Å²) in [7, 11) is 1.71. The van der Waals surface area contributed by atoms with Crippen molar-refractivity contribution in [3.63, 3.8) is 0 Å². The molecule has 0 bridgehead atoms. The average molecular weight is 527 g/mol. The Bertz CT molecular complexity index is 1590. The van der Waals surface area contributed by atoms with Crippen LogP contribution in [0.3, 0.4) is 0 Å². The van der Waals surface area contributed by atoms with Gasteiger partial charge in [0.1, 0.15) is 12.3 Å². The van der Waals surface area contributed by atoms with Crippen LogP contribution in [0.5, 0.6) is 5.75 Å². The maximum absolute atomic E-state index is 13.1. The van der Waals surface area contributed by atoms with Crippen molar-refractivity contribution in [2.75, 3.05) is 11.9 Å². The number of aromatic nitrogens is 2.